The molecule has 14 heavy (non-hydrogen) atoms. The molecular weight excluding hydrogens is 201 g/mol. The molecule has 0 radical (unpaired) electrons. The van der Waals surface area contributed by atoms with Crippen LogP contribution in [0.2, 0.25) is 0 Å². The van der Waals surface area contributed by atoms with Gasteiger partial charge in [0.1, 0.15) is 5.82 Å². The van der Waals surface area contributed by atoms with Crippen LogP contribution in [0.5, 0.6) is 0 Å². The molecule has 0 heterocycles. The first-order valence-electron chi connectivity index (χ1n) is 4.25. The van der Waals surface area contributed by atoms with Gasteiger partial charge in [-0.25, -0.2) is 4.39 Å². The predicted octanol–water partition coefficient (Wildman–Crippen LogP) is 3.21. The van der Waals surface area contributed by atoms with E-state index in [1.54, 1.807) is 6.07 Å². The third-order valence-electron chi connectivity index (χ3n) is 1.85. The number of rotatable bonds is 3. The molecule has 2 N–H and O–H groups in total. The van der Waals surface area contributed by atoms with Gasteiger partial charge in [-0.1, -0.05) is 17.7 Å². The Bertz CT molecular complexity index is 312. The topological polar surface area (TPSA) is 26.0 Å². The molecule has 0 aromatic heterocycles. The Morgan fingerprint density at radius 2 is 2.21 bits per heavy atom. The van der Waals surface area contributed by atoms with Crippen LogP contribution < -0.4 is 5.73 Å². The SMILES string of the molecule is C=C(C)C[C@@H](N)c1cccc(F)c1.Cl. The Morgan fingerprint density at radius 1 is 1.57 bits per heavy atom. The second-order valence-electron chi connectivity index (χ2n) is 3.32. The fourth-order valence-electron chi connectivity index (χ4n) is 1.23. The quantitative estimate of drug-likeness (QED) is 0.770. The summed E-state index contributed by atoms with van der Waals surface area (Å²) in [4.78, 5) is 0. The first-order valence-corrected chi connectivity index (χ1v) is 4.25. The van der Waals surface area contributed by atoms with Crippen molar-refractivity contribution >= 4 is 12.4 Å². The van der Waals surface area contributed by atoms with Gasteiger partial charge in [0.25, 0.3) is 0 Å². The van der Waals surface area contributed by atoms with Crippen molar-refractivity contribution in [2.24, 2.45) is 5.73 Å². The monoisotopic (exact) mass is 215 g/mol. The standard InChI is InChI=1S/C11H14FN.ClH/c1-8(2)6-11(13)9-4-3-5-10(12)7-9;/h3-5,7,11H,1,6,13H2,2H3;1H/t11-;/m1./s1. The van der Waals surface area contributed by atoms with Gasteiger partial charge < -0.3 is 5.73 Å². The summed E-state index contributed by atoms with van der Waals surface area (Å²) in [6, 6.07) is 6.23. The van der Waals surface area contributed by atoms with Gasteiger partial charge in [0.15, 0.2) is 0 Å². The first-order chi connectivity index (χ1) is 6.09. The van der Waals surface area contributed by atoms with Gasteiger partial charge in [0.2, 0.25) is 0 Å². The summed E-state index contributed by atoms with van der Waals surface area (Å²) in [5, 5.41) is 0. The van der Waals surface area contributed by atoms with Crippen LogP contribution in [-0.2, 0) is 0 Å². The molecule has 1 aromatic carbocycles. The van der Waals surface area contributed by atoms with E-state index in [1.165, 1.54) is 12.1 Å². The van der Waals surface area contributed by atoms with Crippen LogP contribution in [0.1, 0.15) is 24.9 Å². The number of benzene rings is 1. The van der Waals surface area contributed by atoms with Crippen LogP contribution >= 0.6 is 12.4 Å². The van der Waals surface area contributed by atoms with Gasteiger partial charge in [-0.3, -0.25) is 0 Å². The molecule has 0 aliphatic rings. The fraction of sp³-hybridized carbons (Fsp3) is 0.273. The van der Waals surface area contributed by atoms with Crippen molar-refractivity contribution in [1.29, 1.82) is 0 Å². The van der Waals surface area contributed by atoms with Crippen molar-refractivity contribution in [3.63, 3.8) is 0 Å². The third-order valence-corrected chi connectivity index (χ3v) is 1.85. The Hall–Kier alpha value is -0.860. The molecule has 1 atom stereocenters. The maximum absolute atomic E-state index is 12.8. The van der Waals surface area contributed by atoms with E-state index in [0.29, 0.717) is 6.42 Å². The van der Waals surface area contributed by atoms with E-state index >= 15 is 0 Å². The molecule has 0 saturated carbocycles. The van der Waals surface area contributed by atoms with Crippen LogP contribution in [0.15, 0.2) is 36.4 Å². The van der Waals surface area contributed by atoms with E-state index in [2.05, 4.69) is 6.58 Å². The zero-order valence-electron chi connectivity index (χ0n) is 8.16. The molecule has 1 rings (SSSR count). The predicted molar refractivity (Wildman–Crippen MR) is 60.0 cm³/mol. The van der Waals surface area contributed by atoms with Gasteiger partial charge in [0.05, 0.1) is 0 Å². The Balaban J connectivity index is 0.00000169. The smallest absolute Gasteiger partial charge is 0.123 e. The van der Waals surface area contributed by atoms with Gasteiger partial charge in [0, 0.05) is 6.04 Å². The zero-order valence-corrected chi connectivity index (χ0v) is 8.98. The second kappa shape index (κ2) is 5.78. The van der Waals surface area contributed by atoms with Gasteiger partial charge in [-0.15, -0.1) is 19.0 Å². The van der Waals surface area contributed by atoms with Crippen LogP contribution in [0.25, 0.3) is 0 Å². The van der Waals surface area contributed by atoms with Crippen molar-refractivity contribution < 1.29 is 4.39 Å². The average molecular weight is 216 g/mol. The van der Waals surface area contributed by atoms with Gasteiger partial charge in [-0.05, 0) is 31.0 Å². The lowest BCUT2D eigenvalue weighted by Gasteiger charge is -2.11. The molecule has 0 bridgehead atoms. The summed E-state index contributed by atoms with van der Waals surface area (Å²) in [7, 11) is 0. The normalized spacial score (nSPS) is 11.6. The highest BCUT2D eigenvalue weighted by molar-refractivity contribution is 5.85. The molecule has 1 aromatic rings. The molecule has 78 valence electrons. The molecule has 0 aliphatic heterocycles. The van der Waals surface area contributed by atoms with Crippen LogP contribution in [-0.4, -0.2) is 0 Å². The fourth-order valence-corrected chi connectivity index (χ4v) is 1.23. The summed E-state index contributed by atoms with van der Waals surface area (Å²) < 4.78 is 12.8. The molecular formula is C11H15ClFN. The van der Waals surface area contributed by atoms with Gasteiger partial charge >= 0.3 is 0 Å². The molecule has 0 aliphatic carbocycles. The van der Waals surface area contributed by atoms with Crippen molar-refractivity contribution in [1.82, 2.24) is 0 Å². The maximum Gasteiger partial charge on any atom is 0.123 e. The lowest BCUT2D eigenvalue weighted by molar-refractivity contribution is 0.618. The lowest BCUT2D eigenvalue weighted by Crippen LogP contribution is -2.10. The molecule has 0 saturated heterocycles. The highest BCUT2D eigenvalue weighted by atomic mass is 35.5. The largest absolute Gasteiger partial charge is 0.324 e. The molecule has 1 nitrogen and oxygen atoms in total. The van der Waals surface area contributed by atoms with Crippen LogP contribution in [0.4, 0.5) is 4.39 Å². The summed E-state index contributed by atoms with van der Waals surface area (Å²) in [6.45, 7) is 5.69. The first kappa shape index (κ1) is 13.1. The summed E-state index contributed by atoms with van der Waals surface area (Å²) in [5.41, 5.74) is 7.67. The van der Waals surface area contributed by atoms with Crippen molar-refractivity contribution in [2.45, 2.75) is 19.4 Å². The van der Waals surface area contributed by atoms with E-state index in [-0.39, 0.29) is 24.3 Å². The minimum atomic E-state index is -0.241. The minimum absolute atomic E-state index is 0. The zero-order chi connectivity index (χ0) is 9.84. The Labute approximate surface area is 90.2 Å². The molecule has 0 spiro atoms. The lowest BCUT2D eigenvalue weighted by atomic mass is 10.0. The molecule has 0 unspecified atom stereocenters. The maximum atomic E-state index is 12.8. The van der Waals surface area contributed by atoms with Crippen LogP contribution in [0, 0.1) is 5.82 Å². The third kappa shape index (κ3) is 3.90. The van der Waals surface area contributed by atoms with E-state index in [1.807, 2.05) is 13.0 Å². The number of hydrogen-bond acceptors (Lipinski definition) is 1. The van der Waals surface area contributed by atoms with Crippen LogP contribution in [0.3, 0.4) is 0 Å². The summed E-state index contributed by atoms with van der Waals surface area (Å²) >= 11 is 0. The Kier molecular flexibility index (Phi) is 5.43. The molecule has 3 heteroatoms. The second-order valence-corrected chi connectivity index (χ2v) is 3.32. The summed E-state index contributed by atoms with van der Waals surface area (Å²) in [6.07, 6.45) is 0.698. The highest BCUT2D eigenvalue weighted by Gasteiger charge is 2.06. The van der Waals surface area contributed by atoms with E-state index in [0.717, 1.165) is 11.1 Å². The van der Waals surface area contributed by atoms with E-state index in [9.17, 15) is 4.39 Å². The minimum Gasteiger partial charge on any atom is -0.324 e. The van der Waals surface area contributed by atoms with Crippen molar-refractivity contribution in [2.75, 3.05) is 0 Å². The number of nitrogens with two attached hydrogens (primary N) is 1. The molecule has 0 amide bonds. The molecule has 0 fully saturated rings. The average Bonchev–Trinajstić information content (AvgIpc) is 2.03. The van der Waals surface area contributed by atoms with Gasteiger partial charge in [-0.2, -0.15) is 0 Å². The highest BCUT2D eigenvalue weighted by Crippen LogP contribution is 2.17. The number of hydrogen-bond donors (Lipinski definition) is 1. The van der Waals surface area contributed by atoms with E-state index < -0.39 is 0 Å². The Morgan fingerprint density at radius 3 is 2.71 bits per heavy atom. The van der Waals surface area contributed by atoms with E-state index in [4.69, 9.17) is 5.73 Å². The summed E-state index contributed by atoms with van der Waals surface area (Å²) in [5.74, 6) is -0.241. The number of halogens is 2. The van der Waals surface area contributed by atoms with Crippen molar-refractivity contribution in [3.05, 3.63) is 47.8 Å². The van der Waals surface area contributed by atoms with Crippen molar-refractivity contribution in [3.8, 4) is 0 Å².